The van der Waals surface area contributed by atoms with E-state index in [1.165, 1.54) is 25.3 Å². The predicted molar refractivity (Wildman–Crippen MR) is 102 cm³/mol. The zero-order chi connectivity index (χ0) is 19.3. The predicted octanol–water partition coefficient (Wildman–Crippen LogP) is 2.44. The van der Waals surface area contributed by atoms with Crippen LogP contribution in [0.15, 0.2) is 47.4 Å². The summed E-state index contributed by atoms with van der Waals surface area (Å²) < 4.78 is 28.3. The van der Waals surface area contributed by atoms with E-state index in [2.05, 4.69) is 24.1 Å². The van der Waals surface area contributed by atoms with Crippen LogP contribution in [0.3, 0.4) is 0 Å². The van der Waals surface area contributed by atoms with Crippen molar-refractivity contribution in [3.05, 3.63) is 48.0 Å². The molecule has 8 heteroatoms. The number of methoxy groups -OCH3 is 1. The lowest BCUT2D eigenvalue weighted by atomic mass is 10.2. The highest BCUT2D eigenvalue weighted by molar-refractivity contribution is 7.89. The SMILES string of the molecule is CCN(CC)c1ccc(NC(=O)c2ccc(OC)c(S(N)(=O)=O)c2)cc1. The number of hydrogen-bond donors (Lipinski definition) is 2. The summed E-state index contributed by atoms with van der Waals surface area (Å²) in [5.74, 6) is -0.347. The molecular formula is C18H23N3O4S. The molecule has 0 atom stereocenters. The first-order valence-electron chi connectivity index (χ1n) is 8.17. The second-order valence-corrected chi connectivity index (χ2v) is 7.11. The molecule has 2 aromatic carbocycles. The van der Waals surface area contributed by atoms with E-state index in [1.807, 2.05) is 12.1 Å². The molecule has 0 heterocycles. The van der Waals surface area contributed by atoms with Crippen molar-refractivity contribution in [2.75, 3.05) is 30.4 Å². The van der Waals surface area contributed by atoms with Gasteiger partial charge in [0.15, 0.2) is 0 Å². The number of carbonyl (C=O) groups excluding carboxylic acids is 1. The van der Waals surface area contributed by atoms with Crippen molar-refractivity contribution in [1.29, 1.82) is 0 Å². The largest absolute Gasteiger partial charge is 0.495 e. The number of nitrogens with zero attached hydrogens (tertiary/aromatic N) is 1. The number of primary sulfonamides is 1. The number of ether oxygens (including phenoxy) is 1. The lowest BCUT2D eigenvalue weighted by Gasteiger charge is -2.21. The van der Waals surface area contributed by atoms with Gasteiger partial charge in [0.05, 0.1) is 7.11 Å². The number of nitrogens with two attached hydrogens (primary N) is 1. The van der Waals surface area contributed by atoms with E-state index in [4.69, 9.17) is 9.88 Å². The molecule has 0 aliphatic carbocycles. The molecule has 26 heavy (non-hydrogen) atoms. The lowest BCUT2D eigenvalue weighted by Crippen LogP contribution is -2.21. The zero-order valence-corrected chi connectivity index (χ0v) is 15.8. The van der Waals surface area contributed by atoms with Gasteiger partial charge in [-0.25, -0.2) is 13.6 Å². The van der Waals surface area contributed by atoms with E-state index in [0.29, 0.717) is 5.69 Å². The van der Waals surface area contributed by atoms with Gasteiger partial charge in [0.2, 0.25) is 10.0 Å². The maximum absolute atomic E-state index is 12.4. The molecule has 0 aliphatic heterocycles. The van der Waals surface area contributed by atoms with Gasteiger partial charge in [0.1, 0.15) is 10.6 Å². The van der Waals surface area contributed by atoms with Crippen LogP contribution in [0.4, 0.5) is 11.4 Å². The van der Waals surface area contributed by atoms with Crippen LogP contribution in [-0.2, 0) is 10.0 Å². The third-order valence-corrected chi connectivity index (χ3v) is 4.92. The van der Waals surface area contributed by atoms with E-state index >= 15 is 0 Å². The third kappa shape index (κ3) is 4.53. The Kier molecular flexibility index (Phi) is 6.23. The average Bonchev–Trinajstić information content (AvgIpc) is 2.62. The Morgan fingerprint density at radius 1 is 1.12 bits per heavy atom. The number of amides is 1. The third-order valence-electron chi connectivity index (χ3n) is 3.99. The van der Waals surface area contributed by atoms with E-state index in [-0.39, 0.29) is 16.2 Å². The Hall–Kier alpha value is -2.58. The van der Waals surface area contributed by atoms with E-state index in [0.717, 1.165) is 18.8 Å². The summed E-state index contributed by atoms with van der Waals surface area (Å²) in [5.41, 5.74) is 1.84. The van der Waals surface area contributed by atoms with Crippen LogP contribution in [0.2, 0.25) is 0 Å². The highest BCUT2D eigenvalue weighted by Gasteiger charge is 2.18. The Morgan fingerprint density at radius 3 is 2.23 bits per heavy atom. The summed E-state index contributed by atoms with van der Waals surface area (Å²) in [6.07, 6.45) is 0. The fourth-order valence-electron chi connectivity index (χ4n) is 2.59. The molecule has 0 aromatic heterocycles. The summed E-state index contributed by atoms with van der Waals surface area (Å²) in [6, 6.07) is 11.5. The van der Waals surface area contributed by atoms with E-state index in [1.54, 1.807) is 12.1 Å². The maximum atomic E-state index is 12.4. The van der Waals surface area contributed by atoms with Crippen LogP contribution in [0.1, 0.15) is 24.2 Å². The van der Waals surface area contributed by atoms with Gasteiger partial charge in [-0.2, -0.15) is 0 Å². The van der Waals surface area contributed by atoms with Gasteiger partial charge in [-0.15, -0.1) is 0 Å². The second-order valence-electron chi connectivity index (χ2n) is 5.58. The first-order chi connectivity index (χ1) is 12.3. The van der Waals surface area contributed by atoms with Crippen LogP contribution in [-0.4, -0.2) is 34.5 Å². The molecule has 0 unspecified atom stereocenters. The average molecular weight is 377 g/mol. The summed E-state index contributed by atoms with van der Waals surface area (Å²) in [5, 5.41) is 7.92. The van der Waals surface area contributed by atoms with Gasteiger partial charge in [-0.1, -0.05) is 0 Å². The molecular weight excluding hydrogens is 354 g/mol. The van der Waals surface area contributed by atoms with Gasteiger partial charge < -0.3 is 15.0 Å². The molecule has 7 nitrogen and oxygen atoms in total. The van der Waals surface area contributed by atoms with Gasteiger partial charge in [0, 0.05) is 30.0 Å². The van der Waals surface area contributed by atoms with Gasteiger partial charge in [-0.05, 0) is 56.3 Å². The summed E-state index contributed by atoms with van der Waals surface area (Å²) in [6.45, 7) is 5.94. The summed E-state index contributed by atoms with van der Waals surface area (Å²) in [7, 11) is -2.67. The number of carbonyl (C=O) groups is 1. The van der Waals surface area contributed by atoms with Crippen molar-refractivity contribution in [3.8, 4) is 5.75 Å². The number of benzene rings is 2. The van der Waals surface area contributed by atoms with Crippen molar-refractivity contribution < 1.29 is 17.9 Å². The van der Waals surface area contributed by atoms with Crippen LogP contribution in [0, 0.1) is 0 Å². The normalized spacial score (nSPS) is 11.1. The maximum Gasteiger partial charge on any atom is 0.255 e. The van der Waals surface area contributed by atoms with Crippen molar-refractivity contribution in [2.24, 2.45) is 5.14 Å². The number of nitrogens with one attached hydrogen (secondary N) is 1. The Bertz CT molecular complexity index is 876. The molecule has 0 saturated carbocycles. The Balaban J connectivity index is 2.22. The molecule has 2 rings (SSSR count). The van der Waals surface area contributed by atoms with Crippen molar-refractivity contribution in [2.45, 2.75) is 18.7 Å². The highest BCUT2D eigenvalue weighted by Crippen LogP contribution is 2.24. The van der Waals surface area contributed by atoms with Crippen LogP contribution < -0.4 is 20.1 Å². The second kappa shape index (κ2) is 8.20. The molecule has 3 N–H and O–H groups in total. The molecule has 0 bridgehead atoms. The fourth-order valence-corrected chi connectivity index (χ4v) is 3.31. The number of hydrogen-bond acceptors (Lipinski definition) is 5. The number of anilines is 2. The summed E-state index contributed by atoms with van der Waals surface area (Å²) >= 11 is 0. The van der Waals surface area contributed by atoms with Crippen molar-refractivity contribution in [1.82, 2.24) is 0 Å². The molecule has 2 aromatic rings. The topological polar surface area (TPSA) is 102 Å². The van der Waals surface area contributed by atoms with Gasteiger partial charge in [-0.3, -0.25) is 4.79 Å². The van der Waals surface area contributed by atoms with Crippen molar-refractivity contribution >= 4 is 27.3 Å². The van der Waals surface area contributed by atoms with Crippen LogP contribution >= 0.6 is 0 Å². The molecule has 0 radical (unpaired) electrons. The smallest absolute Gasteiger partial charge is 0.255 e. The first kappa shape index (κ1) is 19.7. The quantitative estimate of drug-likeness (QED) is 0.772. The van der Waals surface area contributed by atoms with Crippen molar-refractivity contribution in [3.63, 3.8) is 0 Å². The van der Waals surface area contributed by atoms with E-state index < -0.39 is 15.9 Å². The first-order valence-corrected chi connectivity index (χ1v) is 9.72. The monoisotopic (exact) mass is 377 g/mol. The van der Waals surface area contributed by atoms with E-state index in [9.17, 15) is 13.2 Å². The minimum atomic E-state index is -4.01. The molecule has 140 valence electrons. The zero-order valence-electron chi connectivity index (χ0n) is 15.0. The number of sulfonamides is 1. The Labute approximate surface area is 153 Å². The highest BCUT2D eigenvalue weighted by atomic mass is 32.2. The fraction of sp³-hybridized carbons (Fsp3) is 0.278. The van der Waals surface area contributed by atoms with Gasteiger partial charge >= 0.3 is 0 Å². The summed E-state index contributed by atoms with van der Waals surface area (Å²) in [4.78, 5) is 14.4. The lowest BCUT2D eigenvalue weighted by molar-refractivity contribution is 0.102. The van der Waals surface area contributed by atoms with Crippen LogP contribution in [0.25, 0.3) is 0 Å². The van der Waals surface area contributed by atoms with Crippen LogP contribution in [0.5, 0.6) is 5.75 Å². The van der Waals surface area contributed by atoms with Gasteiger partial charge in [0.25, 0.3) is 5.91 Å². The molecule has 0 fully saturated rings. The minimum absolute atomic E-state index is 0.0904. The standard InChI is InChI=1S/C18H23N3O4S/c1-4-21(5-2)15-9-7-14(8-10-15)20-18(22)13-6-11-16(25-3)17(12-13)26(19,23)24/h6-12H,4-5H2,1-3H3,(H,20,22)(H2,19,23,24). The minimum Gasteiger partial charge on any atom is -0.495 e. The molecule has 0 spiro atoms. The molecule has 1 amide bonds. The Morgan fingerprint density at radius 2 is 1.73 bits per heavy atom. The molecule has 0 saturated heterocycles. The number of rotatable bonds is 7. The molecule has 0 aliphatic rings.